The summed E-state index contributed by atoms with van der Waals surface area (Å²) in [5, 5.41) is 5.66. The third-order valence-electron chi connectivity index (χ3n) is 6.50. The van der Waals surface area contributed by atoms with Gasteiger partial charge in [-0.05, 0) is 18.2 Å². The highest BCUT2D eigenvalue weighted by Gasteiger charge is 2.39. The van der Waals surface area contributed by atoms with Crippen molar-refractivity contribution in [2.45, 2.75) is 31.5 Å². The quantitative estimate of drug-likeness (QED) is 0.627. The van der Waals surface area contributed by atoms with Crippen LogP contribution < -0.4 is 16.0 Å². The number of nitrogens with zero attached hydrogens (tertiary/aromatic N) is 6. The van der Waals surface area contributed by atoms with Gasteiger partial charge in [-0.15, -0.1) is 11.3 Å². The van der Waals surface area contributed by atoms with E-state index in [0.29, 0.717) is 12.1 Å². The van der Waals surface area contributed by atoms with Gasteiger partial charge in [0, 0.05) is 56.2 Å². The second kappa shape index (κ2) is 7.94. The van der Waals surface area contributed by atoms with E-state index in [4.69, 9.17) is 20.4 Å². The molecule has 0 amide bonds. The lowest BCUT2D eigenvalue weighted by molar-refractivity contribution is 0.0898. The van der Waals surface area contributed by atoms with Gasteiger partial charge in [0.2, 0.25) is 11.9 Å². The van der Waals surface area contributed by atoms with Crippen molar-refractivity contribution in [2.75, 3.05) is 50.0 Å². The fourth-order valence-corrected chi connectivity index (χ4v) is 5.91. The van der Waals surface area contributed by atoms with Crippen LogP contribution in [0.2, 0.25) is 0 Å². The van der Waals surface area contributed by atoms with Gasteiger partial charge in [0.1, 0.15) is 0 Å². The Kier molecular flexibility index (Phi) is 4.94. The second-order valence-corrected chi connectivity index (χ2v) is 9.38. The molecule has 0 saturated carbocycles. The highest BCUT2D eigenvalue weighted by molar-refractivity contribution is 7.17. The predicted octanol–water partition coefficient (Wildman–Crippen LogP) is 1.50. The maximum absolute atomic E-state index is 5.79. The van der Waals surface area contributed by atoms with Crippen LogP contribution in [0, 0.1) is 0 Å². The molecule has 6 heterocycles. The molecule has 3 saturated heterocycles. The largest absolute Gasteiger partial charge is 0.377 e. The zero-order valence-electron chi connectivity index (χ0n) is 17.3. The lowest BCUT2D eigenvalue weighted by atomic mass is 10.1. The molecule has 3 aromatic rings. The molecule has 0 radical (unpaired) electrons. The fraction of sp³-hybridized carbons (Fsp3) is 0.524. The Morgan fingerprint density at radius 3 is 2.58 bits per heavy atom. The number of ether oxygens (including phenoxy) is 1. The first-order chi connectivity index (χ1) is 15.3. The number of anilines is 2. The summed E-state index contributed by atoms with van der Waals surface area (Å²) in [6.07, 6.45) is 5.78. The molecule has 3 N–H and O–H groups in total. The molecule has 10 heteroatoms. The molecule has 3 aromatic heterocycles. The molecule has 162 valence electrons. The summed E-state index contributed by atoms with van der Waals surface area (Å²) in [5.74, 6) is 1.07. The summed E-state index contributed by atoms with van der Waals surface area (Å²) in [4.78, 5) is 23.5. The average molecular weight is 439 g/mol. The number of hydrogen-bond acceptors (Lipinski definition) is 10. The van der Waals surface area contributed by atoms with E-state index >= 15 is 0 Å². The standard InChI is InChI=1S/C21H26N8OS/c22-20-24-7-13(8-25-20)17-19-18(14(12-31-19)9-28-5-3-23-4-6-28)27-21(26-17)29-15-1-2-16(29)11-30-10-15/h7-8,12,15-16,23H,1-6,9-11H2,(H2,22,24,25). The molecule has 0 aliphatic carbocycles. The first kappa shape index (κ1) is 19.3. The molecular weight excluding hydrogens is 412 g/mol. The van der Waals surface area contributed by atoms with Crippen molar-refractivity contribution in [1.82, 2.24) is 30.2 Å². The second-order valence-electron chi connectivity index (χ2n) is 8.50. The van der Waals surface area contributed by atoms with Crippen molar-refractivity contribution in [3.05, 3.63) is 23.3 Å². The minimum atomic E-state index is 0.270. The number of morpholine rings is 1. The first-order valence-electron chi connectivity index (χ1n) is 10.9. The van der Waals surface area contributed by atoms with E-state index in [-0.39, 0.29) is 5.95 Å². The van der Waals surface area contributed by atoms with E-state index in [1.54, 1.807) is 23.7 Å². The molecule has 2 atom stereocenters. The van der Waals surface area contributed by atoms with E-state index < -0.39 is 0 Å². The summed E-state index contributed by atoms with van der Waals surface area (Å²) in [7, 11) is 0. The van der Waals surface area contributed by atoms with Gasteiger partial charge in [-0.2, -0.15) is 0 Å². The Bertz CT molecular complexity index is 1060. The molecular formula is C21H26N8OS. The fourth-order valence-electron chi connectivity index (χ4n) is 4.90. The first-order valence-corrected chi connectivity index (χ1v) is 11.8. The van der Waals surface area contributed by atoms with Crippen molar-refractivity contribution in [1.29, 1.82) is 0 Å². The van der Waals surface area contributed by atoms with Gasteiger partial charge >= 0.3 is 0 Å². The molecule has 9 nitrogen and oxygen atoms in total. The third-order valence-corrected chi connectivity index (χ3v) is 7.52. The predicted molar refractivity (Wildman–Crippen MR) is 121 cm³/mol. The van der Waals surface area contributed by atoms with E-state index in [2.05, 4.69) is 30.5 Å². The van der Waals surface area contributed by atoms with Gasteiger partial charge < -0.3 is 20.7 Å². The molecule has 0 aromatic carbocycles. The van der Waals surface area contributed by atoms with Gasteiger partial charge in [-0.25, -0.2) is 19.9 Å². The topological polar surface area (TPSA) is 105 Å². The number of nitrogen functional groups attached to an aromatic ring is 1. The summed E-state index contributed by atoms with van der Waals surface area (Å²) in [5.41, 5.74) is 9.81. The van der Waals surface area contributed by atoms with Crippen LogP contribution in [0.1, 0.15) is 18.4 Å². The Hall–Kier alpha value is -2.40. The average Bonchev–Trinajstić information content (AvgIpc) is 3.31. The van der Waals surface area contributed by atoms with E-state index in [9.17, 15) is 0 Å². The van der Waals surface area contributed by atoms with Crippen LogP contribution in [0.25, 0.3) is 21.5 Å². The zero-order valence-corrected chi connectivity index (χ0v) is 18.1. The zero-order chi connectivity index (χ0) is 20.8. The molecule has 3 fully saturated rings. The smallest absolute Gasteiger partial charge is 0.227 e. The van der Waals surface area contributed by atoms with Gasteiger partial charge in [0.05, 0.1) is 41.2 Å². The number of fused-ring (bicyclic) bond motifs is 3. The molecule has 2 unspecified atom stereocenters. The van der Waals surface area contributed by atoms with Gasteiger partial charge in [-0.1, -0.05) is 0 Å². The van der Waals surface area contributed by atoms with Crippen LogP contribution in [0.5, 0.6) is 0 Å². The number of nitrogens with one attached hydrogen (secondary N) is 1. The van der Waals surface area contributed by atoms with E-state index in [1.165, 1.54) is 5.56 Å². The number of aromatic nitrogens is 4. The van der Waals surface area contributed by atoms with E-state index in [1.807, 2.05) is 0 Å². The van der Waals surface area contributed by atoms with Crippen LogP contribution in [0.3, 0.4) is 0 Å². The Labute approximate surface area is 184 Å². The number of rotatable bonds is 4. The number of piperazine rings is 1. The van der Waals surface area contributed by atoms with Gasteiger partial charge in [-0.3, -0.25) is 4.90 Å². The third kappa shape index (κ3) is 3.53. The molecule has 2 bridgehead atoms. The highest BCUT2D eigenvalue weighted by Crippen LogP contribution is 2.38. The normalized spacial score (nSPS) is 24.2. The van der Waals surface area contributed by atoms with Crippen molar-refractivity contribution < 1.29 is 4.74 Å². The van der Waals surface area contributed by atoms with Crippen LogP contribution in [-0.2, 0) is 11.3 Å². The van der Waals surface area contributed by atoms with Crippen molar-refractivity contribution >= 4 is 33.5 Å². The Balaban J connectivity index is 1.46. The monoisotopic (exact) mass is 438 g/mol. The lowest BCUT2D eigenvalue weighted by Crippen LogP contribution is -2.46. The van der Waals surface area contributed by atoms with Crippen molar-refractivity contribution in [2.24, 2.45) is 0 Å². The molecule has 3 aliphatic rings. The number of thiophene rings is 1. The lowest BCUT2D eigenvalue weighted by Gasteiger charge is -2.35. The minimum absolute atomic E-state index is 0.270. The molecule has 6 rings (SSSR count). The van der Waals surface area contributed by atoms with E-state index in [0.717, 1.165) is 86.2 Å². The van der Waals surface area contributed by atoms with Crippen LogP contribution in [0.15, 0.2) is 17.8 Å². The Morgan fingerprint density at radius 1 is 1.10 bits per heavy atom. The number of nitrogens with two attached hydrogens (primary N) is 1. The SMILES string of the molecule is Nc1ncc(-c2nc(N3C4CCC3COC4)nc3c(CN4CCNCC4)csc23)cn1. The van der Waals surface area contributed by atoms with Crippen molar-refractivity contribution in [3.63, 3.8) is 0 Å². The molecule has 31 heavy (non-hydrogen) atoms. The summed E-state index contributed by atoms with van der Waals surface area (Å²) in [6, 6.07) is 0.698. The summed E-state index contributed by atoms with van der Waals surface area (Å²) in [6.45, 7) is 6.58. The van der Waals surface area contributed by atoms with Crippen LogP contribution in [-0.4, -0.2) is 76.3 Å². The number of hydrogen-bond donors (Lipinski definition) is 2. The molecule has 3 aliphatic heterocycles. The van der Waals surface area contributed by atoms with Crippen LogP contribution >= 0.6 is 11.3 Å². The highest BCUT2D eigenvalue weighted by atomic mass is 32.1. The maximum atomic E-state index is 5.79. The summed E-state index contributed by atoms with van der Waals surface area (Å²) >= 11 is 1.70. The van der Waals surface area contributed by atoms with Gasteiger partial charge in [0.25, 0.3) is 0 Å². The van der Waals surface area contributed by atoms with Crippen LogP contribution in [0.4, 0.5) is 11.9 Å². The Morgan fingerprint density at radius 2 is 1.84 bits per heavy atom. The minimum Gasteiger partial charge on any atom is -0.377 e. The summed E-state index contributed by atoms with van der Waals surface area (Å²) < 4.78 is 6.88. The van der Waals surface area contributed by atoms with Crippen molar-refractivity contribution in [3.8, 4) is 11.3 Å². The maximum Gasteiger partial charge on any atom is 0.227 e. The molecule has 0 spiro atoms. The van der Waals surface area contributed by atoms with Gasteiger partial charge in [0.15, 0.2) is 0 Å².